The summed E-state index contributed by atoms with van der Waals surface area (Å²) in [5.74, 6) is 0. The van der Waals surface area contributed by atoms with E-state index >= 15 is 0 Å². The molecule has 1 unspecified atom stereocenters. The first kappa shape index (κ1) is 12.0. The van der Waals surface area contributed by atoms with Crippen molar-refractivity contribution >= 4 is 0 Å². The van der Waals surface area contributed by atoms with E-state index in [1.807, 2.05) is 6.92 Å². The van der Waals surface area contributed by atoms with Gasteiger partial charge in [0.05, 0.1) is 17.6 Å². The van der Waals surface area contributed by atoms with Crippen molar-refractivity contribution in [1.29, 1.82) is 0 Å². The Kier molecular flexibility index (Phi) is 5.17. The maximum atomic E-state index is 11.5. The highest BCUT2D eigenvalue weighted by atomic mass is 16.7. The number of rotatable bonds is 5. The molecule has 1 saturated heterocycles. The second-order valence-electron chi connectivity index (χ2n) is 3.75. The van der Waals surface area contributed by atoms with E-state index in [0.717, 1.165) is 25.8 Å². The van der Waals surface area contributed by atoms with Crippen LogP contribution in [0.3, 0.4) is 0 Å². The fourth-order valence-electron chi connectivity index (χ4n) is 1.60. The molecule has 88 valence electrons. The molecule has 1 rings (SSSR count). The Morgan fingerprint density at radius 1 is 1.60 bits per heavy atom. The number of hydrogen-bond acceptors (Lipinski definition) is 4. The average Bonchev–Trinajstić information content (AvgIpc) is 2.25. The van der Waals surface area contributed by atoms with E-state index in [9.17, 15) is 5.21 Å². The van der Waals surface area contributed by atoms with Crippen molar-refractivity contribution < 1.29 is 14.9 Å². The molecule has 0 amide bonds. The Hall–Kier alpha value is -1.04. The molecule has 0 spiro atoms. The first-order chi connectivity index (χ1) is 7.25. The summed E-state index contributed by atoms with van der Waals surface area (Å²) in [6.07, 6.45) is 3.70. The van der Waals surface area contributed by atoms with Gasteiger partial charge in [-0.1, -0.05) is 0 Å². The van der Waals surface area contributed by atoms with Crippen LogP contribution in [0.4, 0.5) is 0 Å². The number of aliphatic hydroxyl groups excluding tert-OH is 1. The van der Waals surface area contributed by atoms with Crippen LogP contribution >= 0.6 is 0 Å². The maximum Gasteiger partial charge on any atom is 0.233 e. The van der Waals surface area contributed by atoms with Crippen LogP contribution in [-0.2, 0) is 4.84 Å². The first-order valence-electron chi connectivity index (χ1n) is 5.43. The van der Waals surface area contributed by atoms with Crippen molar-refractivity contribution in [2.45, 2.75) is 38.6 Å². The topological polar surface area (TPSA) is 71.1 Å². The standard InChI is InChI=1S/C9H19N3O3/c1-9-5-2-3-6-11(9)12(14)10-15-8-4-7-13/h9,13H,2-8H2,1H3/b12-10-. The Bertz CT molecular complexity index is 211. The lowest BCUT2D eigenvalue weighted by atomic mass is 10.1. The highest BCUT2D eigenvalue weighted by Crippen LogP contribution is 2.16. The molecule has 0 saturated carbocycles. The van der Waals surface area contributed by atoms with Crippen LogP contribution in [0.25, 0.3) is 0 Å². The van der Waals surface area contributed by atoms with Crippen LogP contribution in [0.2, 0.25) is 0 Å². The summed E-state index contributed by atoms with van der Waals surface area (Å²) in [7, 11) is 0. The van der Waals surface area contributed by atoms with Crippen molar-refractivity contribution in [2.24, 2.45) is 5.28 Å². The van der Waals surface area contributed by atoms with Crippen LogP contribution < -0.4 is 0 Å². The van der Waals surface area contributed by atoms with Crippen molar-refractivity contribution in [3.8, 4) is 0 Å². The Morgan fingerprint density at radius 3 is 3.07 bits per heavy atom. The van der Waals surface area contributed by atoms with Gasteiger partial charge >= 0.3 is 0 Å². The normalized spacial score (nSPS) is 22.9. The molecule has 0 aromatic rings. The van der Waals surface area contributed by atoms with Crippen LogP contribution in [-0.4, -0.2) is 40.9 Å². The SMILES string of the molecule is CC1CCCCN1/[N+]([O-])=N/OCCCO. The third kappa shape index (κ3) is 3.91. The monoisotopic (exact) mass is 217 g/mol. The Labute approximate surface area is 89.6 Å². The van der Waals surface area contributed by atoms with Crippen molar-refractivity contribution in [2.75, 3.05) is 19.8 Å². The molecule has 1 fully saturated rings. The summed E-state index contributed by atoms with van der Waals surface area (Å²) in [6.45, 7) is 3.07. The fourth-order valence-corrected chi connectivity index (χ4v) is 1.60. The molecule has 0 aromatic carbocycles. The van der Waals surface area contributed by atoms with Crippen LogP contribution in [0.5, 0.6) is 0 Å². The van der Waals surface area contributed by atoms with Crippen LogP contribution in [0, 0.1) is 5.21 Å². The molecule has 1 N–H and O–H groups in total. The average molecular weight is 217 g/mol. The number of hydrogen-bond donors (Lipinski definition) is 1. The lowest BCUT2D eigenvalue weighted by Gasteiger charge is -2.28. The van der Waals surface area contributed by atoms with E-state index in [1.54, 1.807) is 5.01 Å². The fraction of sp³-hybridized carbons (Fsp3) is 1.00. The van der Waals surface area contributed by atoms with Gasteiger partial charge in [0, 0.05) is 13.0 Å². The second kappa shape index (κ2) is 6.44. The zero-order valence-corrected chi connectivity index (χ0v) is 9.13. The van der Waals surface area contributed by atoms with Crippen molar-refractivity contribution in [3.63, 3.8) is 0 Å². The van der Waals surface area contributed by atoms with Crippen molar-refractivity contribution in [3.05, 3.63) is 5.21 Å². The summed E-state index contributed by atoms with van der Waals surface area (Å²) >= 11 is 0. The van der Waals surface area contributed by atoms with E-state index in [-0.39, 0.29) is 19.3 Å². The number of hydrazine groups is 1. The zero-order valence-electron chi connectivity index (χ0n) is 9.13. The van der Waals surface area contributed by atoms with Gasteiger partial charge in [0.25, 0.3) is 0 Å². The predicted octanol–water partition coefficient (Wildman–Crippen LogP) is 1.05. The summed E-state index contributed by atoms with van der Waals surface area (Å²) in [6, 6.07) is 0.224. The lowest BCUT2D eigenvalue weighted by Crippen LogP contribution is -2.42. The molecule has 1 aliphatic rings. The van der Waals surface area contributed by atoms with Gasteiger partial charge in [0.2, 0.25) is 5.28 Å². The molecule has 0 aliphatic carbocycles. The van der Waals surface area contributed by atoms with Gasteiger partial charge in [-0.2, -0.15) is 0 Å². The van der Waals surface area contributed by atoms with Gasteiger partial charge in [-0.05, 0) is 26.2 Å². The smallest absolute Gasteiger partial charge is 0.233 e. The number of aliphatic hydroxyl groups is 1. The van der Waals surface area contributed by atoms with Gasteiger partial charge in [0.1, 0.15) is 6.61 Å². The Balaban J connectivity index is 2.33. The molecule has 6 nitrogen and oxygen atoms in total. The van der Waals surface area contributed by atoms with E-state index in [2.05, 4.69) is 5.28 Å². The third-order valence-corrected chi connectivity index (χ3v) is 2.51. The van der Waals surface area contributed by atoms with Crippen LogP contribution in [0.1, 0.15) is 32.6 Å². The number of nitrogens with zero attached hydrogens (tertiary/aromatic N) is 3. The second-order valence-corrected chi connectivity index (χ2v) is 3.75. The summed E-state index contributed by atoms with van der Waals surface area (Å²) in [5, 5.41) is 25.0. The molecular weight excluding hydrogens is 198 g/mol. The van der Waals surface area contributed by atoms with Gasteiger partial charge in [0.15, 0.2) is 0 Å². The minimum absolute atomic E-state index is 0.0501. The highest BCUT2D eigenvalue weighted by molar-refractivity contribution is 4.65. The third-order valence-electron chi connectivity index (χ3n) is 2.51. The van der Waals surface area contributed by atoms with E-state index in [4.69, 9.17) is 9.94 Å². The first-order valence-corrected chi connectivity index (χ1v) is 5.43. The van der Waals surface area contributed by atoms with Gasteiger partial charge in [-0.3, -0.25) is 0 Å². The number of piperidine rings is 1. The predicted molar refractivity (Wildman–Crippen MR) is 53.7 cm³/mol. The quantitative estimate of drug-likeness (QED) is 0.323. The lowest BCUT2D eigenvalue weighted by molar-refractivity contribution is -0.719. The van der Waals surface area contributed by atoms with Gasteiger partial charge < -0.3 is 15.2 Å². The molecule has 6 heteroatoms. The van der Waals surface area contributed by atoms with Gasteiger partial charge in [-0.15, -0.1) is 5.01 Å². The van der Waals surface area contributed by atoms with E-state index in [1.165, 1.54) is 0 Å². The summed E-state index contributed by atoms with van der Waals surface area (Å²) in [4.78, 5) is 5.30. The molecular formula is C9H19N3O3. The molecule has 0 bridgehead atoms. The van der Waals surface area contributed by atoms with Crippen LogP contribution in [0.15, 0.2) is 5.28 Å². The Morgan fingerprint density at radius 2 is 2.40 bits per heavy atom. The summed E-state index contributed by atoms with van der Waals surface area (Å²) < 4.78 is 0. The van der Waals surface area contributed by atoms with Crippen molar-refractivity contribution in [1.82, 2.24) is 5.01 Å². The molecule has 1 heterocycles. The molecule has 0 aromatic heterocycles. The minimum atomic E-state index is 0.0501. The molecule has 1 aliphatic heterocycles. The largest absolute Gasteiger partial charge is 0.569 e. The van der Waals surface area contributed by atoms with Gasteiger partial charge in [-0.25, -0.2) is 0 Å². The molecule has 15 heavy (non-hydrogen) atoms. The highest BCUT2D eigenvalue weighted by Gasteiger charge is 2.24. The molecule has 0 radical (unpaired) electrons. The molecule has 1 atom stereocenters. The van der Waals surface area contributed by atoms with E-state index in [0.29, 0.717) is 11.4 Å². The maximum absolute atomic E-state index is 11.5. The minimum Gasteiger partial charge on any atom is -0.569 e. The summed E-state index contributed by atoms with van der Waals surface area (Å²) in [5.41, 5.74) is 0. The van der Waals surface area contributed by atoms with E-state index < -0.39 is 0 Å². The zero-order chi connectivity index (χ0) is 11.1.